The summed E-state index contributed by atoms with van der Waals surface area (Å²) in [7, 11) is 0. The first-order chi connectivity index (χ1) is 10.9. The highest BCUT2D eigenvalue weighted by atomic mass is 35.5. The lowest BCUT2D eigenvalue weighted by molar-refractivity contribution is -0.144. The molecule has 0 heterocycles. The predicted octanol–water partition coefficient (Wildman–Crippen LogP) is 4.70. The van der Waals surface area contributed by atoms with Crippen LogP contribution in [0, 0.1) is 12.8 Å². The van der Waals surface area contributed by atoms with Crippen molar-refractivity contribution in [1.29, 1.82) is 0 Å². The van der Waals surface area contributed by atoms with Gasteiger partial charge in [0, 0.05) is 17.9 Å². The highest BCUT2D eigenvalue weighted by Crippen LogP contribution is 2.21. The Hall–Kier alpha value is -1.55. The van der Waals surface area contributed by atoms with Gasteiger partial charge in [0.2, 0.25) is 0 Å². The Labute approximate surface area is 143 Å². The minimum atomic E-state index is -0.362. The van der Waals surface area contributed by atoms with Crippen LogP contribution in [0.4, 0.5) is 0 Å². The SMILES string of the molecule is Cc1cc(OC(=O)CCCC(=O)OCCCC(C)C)ccc1Cl. The molecule has 0 unspecified atom stereocenters. The molecule has 1 aromatic carbocycles. The third-order valence-electron chi connectivity index (χ3n) is 3.31. The van der Waals surface area contributed by atoms with E-state index in [4.69, 9.17) is 21.1 Å². The van der Waals surface area contributed by atoms with Gasteiger partial charge in [-0.3, -0.25) is 9.59 Å². The third kappa shape index (κ3) is 8.60. The molecule has 0 saturated heterocycles. The molecule has 0 aliphatic carbocycles. The van der Waals surface area contributed by atoms with E-state index in [1.165, 1.54) is 0 Å². The molecule has 0 atom stereocenters. The van der Waals surface area contributed by atoms with E-state index in [0.29, 0.717) is 29.7 Å². The Morgan fingerprint density at radius 1 is 1.13 bits per heavy atom. The van der Waals surface area contributed by atoms with Gasteiger partial charge in [0.25, 0.3) is 0 Å². The van der Waals surface area contributed by atoms with Crippen molar-refractivity contribution in [2.24, 2.45) is 5.92 Å². The lowest BCUT2D eigenvalue weighted by Crippen LogP contribution is -2.10. The Kier molecular flexibility index (Phi) is 8.70. The molecule has 23 heavy (non-hydrogen) atoms. The van der Waals surface area contributed by atoms with Crippen LogP contribution in [0.15, 0.2) is 18.2 Å². The summed E-state index contributed by atoms with van der Waals surface area (Å²) >= 11 is 5.91. The number of esters is 2. The van der Waals surface area contributed by atoms with Gasteiger partial charge >= 0.3 is 11.9 Å². The van der Waals surface area contributed by atoms with Crippen LogP contribution >= 0.6 is 11.6 Å². The number of halogens is 1. The molecule has 0 amide bonds. The molecule has 0 bridgehead atoms. The quantitative estimate of drug-likeness (QED) is 0.371. The number of rotatable bonds is 9. The fraction of sp³-hybridized carbons (Fsp3) is 0.556. The van der Waals surface area contributed by atoms with E-state index >= 15 is 0 Å². The van der Waals surface area contributed by atoms with E-state index in [2.05, 4.69) is 13.8 Å². The summed E-state index contributed by atoms with van der Waals surface area (Å²) < 4.78 is 10.3. The van der Waals surface area contributed by atoms with Crippen molar-refractivity contribution in [2.75, 3.05) is 6.61 Å². The fourth-order valence-electron chi connectivity index (χ4n) is 1.99. The van der Waals surface area contributed by atoms with Crippen LogP contribution in [0.1, 0.15) is 51.5 Å². The van der Waals surface area contributed by atoms with Gasteiger partial charge in [0.05, 0.1) is 6.61 Å². The lowest BCUT2D eigenvalue weighted by Gasteiger charge is -2.07. The summed E-state index contributed by atoms with van der Waals surface area (Å²) in [4.78, 5) is 23.2. The van der Waals surface area contributed by atoms with E-state index in [9.17, 15) is 9.59 Å². The zero-order valence-corrected chi connectivity index (χ0v) is 14.8. The van der Waals surface area contributed by atoms with E-state index < -0.39 is 0 Å². The molecule has 0 N–H and O–H groups in total. The van der Waals surface area contributed by atoms with Crippen molar-refractivity contribution in [2.45, 2.75) is 52.9 Å². The molecule has 5 heteroatoms. The number of hydrogen-bond donors (Lipinski definition) is 0. The van der Waals surface area contributed by atoms with Crippen molar-refractivity contribution in [1.82, 2.24) is 0 Å². The lowest BCUT2D eigenvalue weighted by atomic mass is 10.1. The summed E-state index contributed by atoms with van der Waals surface area (Å²) in [5.74, 6) is 0.455. The number of benzene rings is 1. The van der Waals surface area contributed by atoms with Gasteiger partial charge in [0.1, 0.15) is 5.75 Å². The second kappa shape index (κ2) is 10.3. The predicted molar refractivity (Wildman–Crippen MR) is 90.7 cm³/mol. The molecular weight excluding hydrogens is 316 g/mol. The molecule has 1 aromatic rings. The van der Waals surface area contributed by atoms with E-state index in [1.54, 1.807) is 18.2 Å². The first-order valence-electron chi connectivity index (χ1n) is 8.01. The average molecular weight is 341 g/mol. The number of carbonyl (C=O) groups is 2. The van der Waals surface area contributed by atoms with Crippen LogP contribution in [0.5, 0.6) is 5.75 Å². The third-order valence-corrected chi connectivity index (χ3v) is 3.74. The maximum Gasteiger partial charge on any atom is 0.311 e. The summed E-state index contributed by atoms with van der Waals surface area (Å²) in [6, 6.07) is 5.05. The Morgan fingerprint density at radius 2 is 1.83 bits per heavy atom. The maximum absolute atomic E-state index is 11.7. The van der Waals surface area contributed by atoms with Gasteiger partial charge in [-0.05, 0) is 55.9 Å². The molecule has 0 saturated carbocycles. The Bertz CT molecular complexity index is 526. The summed E-state index contributed by atoms with van der Waals surface area (Å²) in [6.45, 7) is 6.56. The Balaban J connectivity index is 2.18. The number of ether oxygens (including phenoxy) is 2. The monoisotopic (exact) mass is 340 g/mol. The number of aryl methyl sites for hydroxylation is 1. The summed E-state index contributed by atoms with van der Waals surface area (Å²) in [5.41, 5.74) is 0.849. The minimum absolute atomic E-state index is 0.183. The van der Waals surface area contributed by atoms with Crippen molar-refractivity contribution in [3.63, 3.8) is 0 Å². The van der Waals surface area contributed by atoms with E-state index in [-0.39, 0.29) is 24.8 Å². The molecule has 0 radical (unpaired) electrons. The minimum Gasteiger partial charge on any atom is -0.466 e. The largest absolute Gasteiger partial charge is 0.466 e. The normalized spacial score (nSPS) is 10.7. The first-order valence-corrected chi connectivity index (χ1v) is 8.38. The standard InChI is InChI=1S/C18H25ClO4/c1-13(2)6-5-11-22-17(20)7-4-8-18(21)23-15-9-10-16(19)14(3)12-15/h9-10,12-13H,4-8,11H2,1-3H3. The topological polar surface area (TPSA) is 52.6 Å². The smallest absolute Gasteiger partial charge is 0.311 e. The Morgan fingerprint density at radius 3 is 2.48 bits per heavy atom. The van der Waals surface area contributed by atoms with Crippen LogP contribution in [0.3, 0.4) is 0 Å². The molecule has 1 rings (SSSR count). The van der Waals surface area contributed by atoms with Crippen molar-refractivity contribution >= 4 is 23.5 Å². The van der Waals surface area contributed by atoms with Crippen LogP contribution < -0.4 is 4.74 Å². The summed E-state index contributed by atoms with van der Waals surface area (Å²) in [5, 5.41) is 0.630. The summed E-state index contributed by atoms with van der Waals surface area (Å²) in [6.07, 6.45) is 2.76. The van der Waals surface area contributed by atoms with Gasteiger partial charge in [-0.25, -0.2) is 0 Å². The van der Waals surface area contributed by atoms with E-state index in [1.807, 2.05) is 6.92 Å². The van der Waals surface area contributed by atoms with Gasteiger partial charge in [-0.2, -0.15) is 0 Å². The van der Waals surface area contributed by atoms with Gasteiger partial charge in [0.15, 0.2) is 0 Å². The second-order valence-corrected chi connectivity index (χ2v) is 6.40. The van der Waals surface area contributed by atoms with Gasteiger partial charge < -0.3 is 9.47 Å². The number of hydrogen-bond acceptors (Lipinski definition) is 4. The van der Waals surface area contributed by atoms with Crippen molar-refractivity contribution in [3.8, 4) is 5.75 Å². The van der Waals surface area contributed by atoms with Gasteiger partial charge in [-0.1, -0.05) is 25.4 Å². The van der Waals surface area contributed by atoms with E-state index in [0.717, 1.165) is 18.4 Å². The van der Waals surface area contributed by atoms with Gasteiger partial charge in [-0.15, -0.1) is 0 Å². The number of carbonyl (C=O) groups excluding carboxylic acids is 2. The molecular formula is C18H25ClO4. The molecule has 4 nitrogen and oxygen atoms in total. The zero-order chi connectivity index (χ0) is 17.2. The first kappa shape index (κ1) is 19.5. The second-order valence-electron chi connectivity index (χ2n) is 6.00. The molecule has 0 spiro atoms. The van der Waals surface area contributed by atoms with Crippen LogP contribution in [0.2, 0.25) is 5.02 Å². The molecule has 0 aliphatic heterocycles. The van der Waals surface area contributed by atoms with Crippen LogP contribution in [0.25, 0.3) is 0 Å². The highest BCUT2D eigenvalue weighted by molar-refractivity contribution is 6.31. The average Bonchev–Trinajstić information content (AvgIpc) is 2.47. The molecule has 0 aliphatic rings. The van der Waals surface area contributed by atoms with Crippen molar-refractivity contribution in [3.05, 3.63) is 28.8 Å². The highest BCUT2D eigenvalue weighted by Gasteiger charge is 2.09. The molecule has 0 aromatic heterocycles. The zero-order valence-electron chi connectivity index (χ0n) is 14.1. The maximum atomic E-state index is 11.7. The fourth-order valence-corrected chi connectivity index (χ4v) is 2.11. The van der Waals surface area contributed by atoms with Crippen LogP contribution in [-0.2, 0) is 14.3 Å². The molecule has 128 valence electrons. The van der Waals surface area contributed by atoms with Crippen molar-refractivity contribution < 1.29 is 19.1 Å². The molecule has 0 fully saturated rings. The van der Waals surface area contributed by atoms with Crippen LogP contribution in [-0.4, -0.2) is 18.5 Å².